The number of carbonyl (C=O) groups excluding carboxylic acids is 1. The van der Waals surface area contributed by atoms with Gasteiger partial charge in [-0.25, -0.2) is 4.98 Å². The lowest BCUT2D eigenvalue weighted by Gasteiger charge is -2.29. The fourth-order valence-electron chi connectivity index (χ4n) is 3.93. The molecule has 6 nitrogen and oxygen atoms in total. The Morgan fingerprint density at radius 3 is 2.59 bits per heavy atom. The van der Waals surface area contributed by atoms with Crippen molar-refractivity contribution < 1.29 is 14.3 Å². The van der Waals surface area contributed by atoms with Crippen molar-refractivity contribution >= 4 is 32.6 Å². The standard InChI is InChI=1S/C25H31N3O3S/c1-17(2)31-21-7-5-20(6-8-21)24(29)28(10-9-27-11-13-30-14-12-27)25-26-23-19(4)15-18(3)16-22(23)32-25/h5-8,15-17H,9-14H2,1-4H3. The number of morpholine rings is 1. The van der Waals surface area contributed by atoms with Gasteiger partial charge in [0.15, 0.2) is 5.13 Å². The average Bonchev–Trinajstić information content (AvgIpc) is 3.18. The summed E-state index contributed by atoms with van der Waals surface area (Å²) in [4.78, 5) is 22.6. The Morgan fingerprint density at radius 1 is 1.19 bits per heavy atom. The summed E-state index contributed by atoms with van der Waals surface area (Å²) in [5.74, 6) is 0.727. The molecule has 4 rings (SSSR count). The second-order valence-electron chi connectivity index (χ2n) is 8.53. The largest absolute Gasteiger partial charge is 0.491 e. The predicted octanol–water partition coefficient (Wildman–Crippen LogP) is 4.68. The topological polar surface area (TPSA) is 54.9 Å². The summed E-state index contributed by atoms with van der Waals surface area (Å²) < 4.78 is 12.3. The first-order valence-electron chi connectivity index (χ1n) is 11.2. The molecule has 1 aliphatic heterocycles. The molecule has 1 aromatic heterocycles. The van der Waals surface area contributed by atoms with Gasteiger partial charge in [0.25, 0.3) is 5.91 Å². The number of anilines is 1. The van der Waals surface area contributed by atoms with Crippen LogP contribution in [0.5, 0.6) is 5.75 Å². The van der Waals surface area contributed by atoms with Crippen molar-refractivity contribution in [2.24, 2.45) is 0 Å². The highest BCUT2D eigenvalue weighted by molar-refractivity contribution is 7.22. The van der Waals surface area contributed by atoms with Crippen LogP contribution in [-0.4, -0.2) is 61.3 Å². The Labute approximate surface area is 193 Å². The molecule has 0 radical (unpaired) electrons. The minimum atomic E-state index is -0.0391. The maximum Gasteiger partial charge on any atom is 0.260 e. The number of thiazole rings is 1. The lowest BCUT2D eigenvalue weighted by Crippen LogP contribution is -2.43. The summed E-state index contributed by atoms with van der Waals surface area (Å²) in [5, 5.41) is 0.745. The molecule has 0 N–H and O–H groups in total. The van der Waals surface area contributed by atoms with Gasteiger partial charge in [0, 0.05) is 31.7 Å². The van der Waals surface area contributed by atoms with E-state index in [1.165, 1.54) is 5.56 Å². The molecule has 2 heterocycles. The molecule has 0 atom stereocenters. The molecule has 0 unspecified atom stereocenters. The molecular formula is C25H31N3O3S. The van der Waals surface area contributed by atoms with E-state index in [0.29, 0.717) is 12.1 Å². The minimum Gasteiger partial charge on any atom is -0.491 e. The van der Waals surface area contributed by atoms with Crippen LogP contribution in [0.4, 0.5) is 5.13 Å². The number of hydrogen-bond donors (Lipinski definition) is 0. The molecule has 1 aliphatic rings. The molecule has 0 spiro atoms. The van der Waals surface area contributed by atoms with Crippen LogP contribution in [-0.2, 0) is 4.74 Å². The van der Waals surface area contributed by atoms with Gasteiger partial charge in [0.05, 0.1) is 29.5 Å². The Kier molecular flexibility index (Phi) is 7.08. The first-order chi connectivity index (χ1) is 15.4. The summed E-state index contributed by atoms with van der Waals surface area (Å²) in [6, 6.07) is 11.7. The fourth-order valence-corrected chi connectivity index (χ4v) is 5.09. The molecule has 7 heteroatoms. The number of aryl methyl sites for hydroxylation is 2. The van der Waals surface area contributed by atoms with Gasteiger partial charge in [-0.05, 0) is 69.2 Å². The smallest absolute Gasteiger partial charge is 0.260 e. The van der Waals surface area contributed by atoms with Gasteiger partial charge in [0.2, 0.25) is 0 Å². The van der Waals surface area contributed by atoms with Crippen LogP contribution in [0.1, 0.15) is 35.3 Å². The van der Waals surface area contributed by atoms with Gasteiger partial charge in [-0.2, -0.15) is 0 Å². The van der Waals surface area contributed by atoms with Crippen LogP contribution in [0, 0.1) is 13.8 Å². The van der Waals surface area contributed by atoms with Gasteiger partial charge in [-0.1, -0.05) is 17.4 Å². The van der Waals surface area contributed by atoms with Crippen molar-refractivity contribution in [3.05, 3.63) is 53.1 Å². The zero-order valence-electron chi connectivity index (χ0n) is 19.3. The molecule has 0 saturated carbocycles. The third-order valence-corrected chi connectivity index (χ3v) is 6.54. The zero-order chi connectivity index (χ0) is 22.7. The Bertz CT molecular complexity index is 1070. The lowest BCUT2D eigenvalue weighted by atomic mass is 10.1. The lowest BCUT2D eigenvalue weighted by molar-refractivity contribution is 0.0391. The second-order valence-corrected chi connectivity index (χ2v) is 9.54. The van der Waals surface area contributed by atoms with Crippen molar-refractivity contribution in [1.29, 1.82) is 0 Å². The van der Waals surface area contributed by atoms with Gasteiger partial charge in [-0.3, -0.25) is 14.6 Å². The highest BCUT2D eigenvalue weighted by atomic mass is 32.1. The normalized spacial score (nSPS) is 14.8. The molecule has 0 aliphatic carbocycles. The quantitative estimate of drug-likeness (QED) is 0.520. The van der Waals surface area contributed by atoms with Crippen LogP contribution in [0.3, 0.4) is 0 Å². The van der Waals surface area contributed by atoms with E-state index in [0.717, 1.165) is 59.5 Å². The van der Waals surface area contributed by atoms with E-state index in [2.05, 4.69) is 30.9 Å². The Balaban J connectivity index is 1.62. The first-order valence-corrected chi connectivity index (χ1v) is 12.0. The molecule has 1 amide bonds. The number of aromatic nitrogens is 1. The van der Waals surface area contributed by atoms with E-state index in [9.17, 15) is 4.79 Å². The second kappa shape index (κ2) is 9.98. The van der Waals surface area contributed by atoms with Crippen LogP contribution in [0.15, 0.2) is 36.4 Å². The van der Waals surface area contributed by atoms with Gasteiger partial charge in [-0.15, -0.1) is 0 Å². The van der Waals surface area contributed by atoms with Crippen molar-refractivity contribution in [3.63, 3.8) is 0 Å². The van der Waals surface area contributed by atoms with E-state index in [1.807, 2.05) is 43.0 Å². The van der Waals surface area contributed by atoms with E-state index < -0.39 is 0 Å². The van der Waals surface area contributed by atoms with Crippen molar-refractivity contribution in [3.8, 4) is 5.75 Å². The Morgan fingerprint density at radius 2 is 1.91 bits per heavy atom. The first kappa shape index (κ1) is 22.7. The van der Waals surface area contributed by atoms with Gasteiger partial charge >= 0.3 is 0 Å². The maximum atomic E-state index is 13.6. The van der Waals surface area contributed by atoms with Crippen LogP contribution < -0.4 is 9.64 Å². The molecule has 2 aromatic carbocycles. The van der Waals surface area contributed by atoms with Gasteiger partial charge in [0.1, 0.15) is 5.75 Å². The number of fused-ring (bicyclic) bond motifs is 1. The van der Waals surface area contributed by atoms with Crippen LogP contribution in [0.2, 0.25) is 0 Å². The Hall–Kier alpha value is -2.48. The molecule has 1 fully saturated rings. The molecule has 170 valence electrons. The number of carbonyl (C=O) groups is 1. The number of nitrogens with zero attached hydrogens (tertiary/aromatic N) is 3. The molecule has 0 bridgehead atoms. The maximum absolute atomic E-state index is 13.6. The molecule has 32 heavy (non-hydrogen) atoms. The summed E-state index contributed by atoms with van der Waals surface area (Å²) in [6.07, 6.45) is 0.0935. The van der Waals surface area contributed by atoms with Crippen LogP contribution in [0.25, 0.3) is 10.2 Å². The van der Waals surface area contributed by atoms with E-state index in [4.69, 9.17) is 14.5 Å². The number of hydrogen-bond acceptors (Lipinski definition) is 6. The monoisotopic (exact) mass is 453 g/mol. The van der Waals surface area contributed by atoms with E-state index in [-0.39, 0.29) is 12.0 Å². The number of rotatable bonds is 7. The number of benzene rings is 2. The molecule has 3 aromatic rings. The van der Waals surface area contributed by atoms with E-state index >= 15 is 0 Å². The van der Waals surface area contributed by atoms with Gasteiger partial charge < -0.3 is 9.47 Å². The summed E-state index contributed by atoms with van der Waals surface area (Å²) in [7, 11) is 0. The summed E-state index contributed by atoms with van der Waals surface area (Å²) >= 11 is 1.58. The third kappa shape index (κ3) is 5.28. The highest BCUT2D eigenvalue weighted by Gasteiger charge is 2.23. The predicted molar refractivity (Wildman–Crippen MR) is 130 cm³/mol. The number of amides is 1. The minimum absolute atomic E-state index is 0.0391. The summed E-state index contributed by atoms with van der Waals surface area (Å²) in [6.45, 7) is 12.8. The zero-order valence-corrected chi connectivity index (χ0v) is 20.1. The van der Waals surface area contributed by atoms with Crippen LogP contribution >= 0.6 is 11.3 Å². The third-order valence-electron chi connectivity index (χ3n) is 5.51. The SMILES string of the molecule is Cc1cc(C)c2nc(N(CCN3CCOCC3)C(=O)c3ccc(OC(C)C)cc3)sc2c1. The highest BCUT2D eigenvalue weighted by Crippen LogP contribution is 2.32. The van der Waals surface area contributed by atoms with Crippen molar-refractivity contribution in [1.82, 2.24) is 9.88 Å². The molecular weight excluding hydrogens is 422 g/mol. The van der Waals surface area contributed by atoms with Crippen molar-refractivity contribution in [2.75, 3.05) is 44.3 Å². The summed E-state index contributed by atoms with van der Waals surface area (Å²) in [5.41, 5.74) is 3.95. The number of ether oxygens (including phenoxy) is 2. The average molecular weight is 454 g/mol. The van der Waals surface area contributed by atoms with E-state index in [1.54, 1.807) is 11.3 Å². The van der Waals surface area contributed by atoms with Crippen molar-refractivity contribution in [2.45, 2.75) is 33.8 Å². The molecule has 1 saturated heterocycles. The fraction of sp³-hybridized carbons (Fsp3) is 0.440.